The third-order valence-electron chi connectivity index (χ3n) is 2.69. The average molecular weight is 311 g/mol. The molecule has 0 spiro atoms. The van der Waals surface area contributed by atoms with Gasteiger partial charge in [-0.15, -0.1) is 0 Å². The predicted octanol–water partition coefficient (Wildman–Crippen LogP) is 0.422. The molecule has 2 rings (SSSR count). The third-order valence-corrected chi connectivity index (χ3v) is 4.10. The number of hydrazine groups is 1. The lowest BCUT2D eigenvalue weighted by atomic mass is 10.1. The van der Waals surface area contributed by atoms with Crippen LogP contribution in [0.1, 0.15) is 5.56 Å². The van der Waals surface area contributed by atoms with Gasteiger partial charge in [-0.05, 0) is 24.1 Å². The Morgan fingerprint density at radius 1 is 1.14 bits per heavy atom. The molecule has 21 heavy (non-hydrogen) atoms. The molecule has 0 unspecified atom stereocenters. The summed E-state index contributed by atoms with van der Waals surface area (Å²) in [7, 11) is -3.68. The minimum Gasteiger partial charge on any atom is -0.292 e. The van der Waals surface area contributed by atoms with Crippen molar-refractivity contribution in [3.05, 3.63) is 48.0 Å². The van der Waals surface area contributed by atoms with Crippen LogP contribution in [0.5, 0.6) is 0 Å². The molecule has 7 nitrogen and oxygen atoms in total. The van der Waals surface area contributed by atoms with Gasteiger partial charge in [0.2, 0.25) is 16.0 Å². The van der Waals surface area contributed by atoms with Crippen LogP contribution in [-0.4, -0.2) is 24.9 Å². The number of nitrogens with zero attached hydrogens (tertiary/aromatic N) is 2. The van der Waals surface area contributed by atoms with Crippen molar-refractivity contribution in [3.8, 4) is 0 Å². The van der Waals surface area contributed by atoms with Gasteiger partial charge in [-0.3, -0.25) is 5.43 Å². The molecule has 0 bridgehead atoms. The van der Waals surface area contributed by atoms with E-state index in [9.17, 15) is 12.8 Å². The Morgan fingerprint density at radius 3 is 2.33 bits per heavy atom. The number of anilines is 1. The van der Waals surface area contributed by atoms with E-state index in [1.165, 1.54) is 12.1 Å². The van der Waals surface area contributed by atoms with Crippen LogP contribution < -0.4 is 16.0 Å². The zero-order valence-electron chi connectivity index (χ0n) is 11.0. The number of hydrogen-bond acceptors (Lipinski definition) is 6. The zero-order valence-corrected chi connectivity index (χ0v) is 11.8. The molecule has 0 amide bonds. The van der Waals surface area contributed by atoms with Crippen LogP contribution in [0.2, 0.25) is 0 Å². The molecule has 0 saturated heterocycles. The number of aromatic nitrogens is 2. The topological polar surface area (TPSA) is 110 Å². The number of nitrogens with one attached hydrogen (secondary N) is 2. The minimum atomic E-state index is -3.68. The summed E-state index contributed by atoms with van der Waals surface area (Å²) in [6.45, 7) is 0.185. The van der Waals surface area contributed by atoms with Crippen LogP contribution in [0.4, 0.5) is 10.3 Å². The number of nitrogen functional groups attached to an aromatic ring is 1. The summed E-state index contributed by atoms with van der Waals surface area (Å²) < 4.78 is 39.1. The number of benzene rings is 1. The first-order chi connectivity index (χ1) is 10.0. The van der Waals surface area contributed by atoms with Crippen molar-refractivity contribution >= 4 is 16.0 Å². The molecule has 0 aliphatic heterocycles. The minimum absolute atomic E-state index is 0.0550. The molecule has 1 aromatic carbocycles. The maximum absolute atomic E-state index is 12.7. The van der Waals surface area contributed by atoms with Crippen molar-refractivity contribution in [1.82, 2.24) is 14.7 Å². The summed E-state index contributed by atoms with van der Waals surface area (Å²) in [5.41, 5.74) is 3.04. The Hall–Kier alpha value is -2.10. The molecular weight excluding hydrogens is 297 g/mol. The van der Waals surface area contributed by atoms with Gasteiger partial charge >= 0.3 is 0 Å². The predicted molar refractivity (Wildman–Crippen MR) is 75.1 cm³/mol. The summed E-state index contributed by atoms with van der Waals surface area (Å²) in [6.07, 6.45) is 2.76. The fraction of sp³-hybridized carbons (Fsp3) is 0.167. The standard InChI is InChI=1S/C12H14FN5O2S/c13-10-3-1-9(2-4-10)5-6-17-21(19,20)11-7-15-12(18-14)16-8-11/h1-4,7-8,17H,5-6,14H2,(H,15,16,18). The Morgan fingerprint density at radius 2 is 1.76 bits per heavy atom. The van der Waals surface area contributed by atoms with Gasteiger partial charge in [-0.1, -0.05) is 12.1 Å². The van der Waals surface area contributed by atoms with Crippen molar-refractivity contribution in [3.63, 3.8) is 0 Å². The Bertz CT molecular complexity index is 689. The van der Waals surface area contributed by atoms with Gasteiger partial charge in [0.05, 0.1) is 12.4 Å². The number of hydrogen-bond donors (Lipinski definition) is 3. The molecule has 0 atom stereocenters. The van der Waals surface area contributed by atoms with Gasteiger partial charge in [0.15, 0.2) is 0 Å². The highest BCUT2D eigenvalue weighted by molar-refractivity contribution is 7.89. The fourth-order valence-electron chi connectivity index (χ4n) is 1.59. The molecule has 2 aromatic rings. The van der Waals surface area contributed by atoms with E-state index in [4.69, 9.17) is 5.84 Å². The van der Waals surface area contributed by atoms with E-state index in [0.717, 1.165) is 18.0 Å². The van der Waals surface area contributed by atoms with Crippen molar-refractivity contribution in [2.24, 2.45) is 5.84 Å². The second-order valence-corrected chi connectivity index (χ2v) is 5.93. The molecule has 0 radical (unpaired) electrons. The van der Waals surface area contributed by atoms with Crippen LogP contribution in [0, 0.1) is 5.82 Å². The van der Waals surface area contributed by atoms with Crippen LogP contribution in [0.3, 0.4) is 0 Å². The highest BCUT2D eigenvalue weighted by Gasteiger charge is 2.14. The Balaban J connectivity index is 1.95. The van der Waals surface area contributed by atoms with Crippen LogP contribution in [-0.2, 0) is 16.4 Å². The van der Waals surface area contributed by atoms with E-state index in [1.807, 2.05) is 0 Å². The number of rotatable bonds is 6. The normalized spacial score (nSPS) is 11.3. The van der Waals surface area contributed by atoms with Crippen LogP contribution in [0.15, 0.2) is 41.6 Å². The van der Waals surface area contributed by atoms with Gasteiger partial charge < -0.3 is 0 Å². The highest BCUT2D eigenvalue weighted by Crippen LogP contribution is 2.07. The molecule has 1 heterocycles. The molecule has 0 fully saturated rings. The summed E-state index contributed by atoms with van der Waals surface area (Å²) in [6, 6.07) is 5.87. The molecular formula is C12H14FN5O2S. The molecule has 1 aromatic heterocycles. The van der Waals surface area contributed by atoms with E-state index >= 15 is 0 Å². The van der Waals surface area contributed by atoms with E-state index < -0.39 is 10.0 Å². The Kier molecular flexibility index (Phi) is 4.78. The quantitative estimate of drug-likeness (QED) is 0.527. The molecule has 112 valence electrons. The summed E-state index contributed by atoms with van der Waals surface area (Å²) >= 11 is 0. The largest absolute Gasteiger partial charge is 0.292 e. The lowest BCUT2D eigenvalue weighted by Crippen LogP contribution is -2.26. The molecule has 9 heteroatoms. The lowest BCUT2D eigenvalue weighted by molar-refractivity contribution is 0.580. The van der Waals surface area contributed by atoms with Gasteiger partial charge in [-0.2, -0.15) is 0 Å². The summed E-state index contributed by atoms with van der Waals surface area (Å²) in [4.78, 5) is 7.41. The average Bonchev–Trinajstić information content (AvgIpc) is 2.49. The van der Waals surface area contributed by atoms with Crippen molar-refractivity contribution in [1.29, 1.82) is 0 Å². The maximum atomic E-state index is 12.7. The maximum Gasteiger partial charge on any atom is 0.243 e. The molecule has 4 N–H and O–H groups in total. The van der Waals surface area contributed by atoms with Gasteiger partial charge in [0.1, 0.15) is 10.7 Å². The van der Waals surface area contributed by atoms with E-state index in [1.54, 1.807) is 12.1 Å². The smallest absolute Gasteiger partial charge is 0.243 e. The van der Waals surface area contributed by atoms with E-state index in [0.29, 0.717) is 6.42 Å². The molecule has 0 aliphatic carbocycles. The highest BCUT2D eigenvalue weighted by atomic mass is 32.2. The van der Waals surface area contributed by atoms with Crippen LogP contribution in [0.25, 0.3) is 0 Å². The summed E-state index contributed by atoms with van der Waals surface area (Å²) in [5, 5.41) is 0. The lowest BCUT2D eigenvalue weighted by Gasteiger charge is -2.07. The second-order valence-electron chi connectivity index (χ2n) is 4.16. The SMILES string of the molecule is NNc1ncc(S(=O)(=O)NCCc2ccc(F)cc2)cn1. The van der Waals surface area contributed by atoms with Gasteiger partial charge in [0.25, 0.3) is 0 Å². The number of halogens is 1. The van der Waals surface area contributed by atoms with Crippen LogP contribution >= 0.6 is 0 Å². The van der Waals surface area contributed by atoms with Gasteiger partial charge in [0, 0.05) is 6.54 Å². The fourth-order valence-corrected chi connectivity index (χ4v) is 2.51. The van der Waals surface area contributed by atoms with Crippen molar-refractivity contribution in [2.75, 3.05) is 12.0 Å². The zero-order chi connectivity index (χ0) is 15.3. The first-order valence-electron chi connectivity index (χ1n) is 6.04. The first kappa shape index (κ1) is 15.3. The second kappa shape index (κ2) is 6.57. The molecule has 0 saturated carbocycles. The Labute approximate surface area is 121 Å². The molecule has 0 aliphatic rings. The first-order valence-corrected chi connectivity index (χ1v) is 7.52. The van der Waals surface area contributed by atoms with Crippen molar-refractivity contribution < 1.29 is 12.8 Å². The monoisotopic (exact) mass is 311 g/mol. The third kappa shape index (κ3) is 4.18. The van der Waals surface area contributed by atoms with Crippen molar-refractivity contribution in [2.45, 2.75) is 11.3 Å². The van der Waals surface area contributed by atoms with Gasteiger partial charge in [-0.25, -0.2) is 33.3 Å². The summed E-state index contributed by atoms with van der Waals surface area (Å²) in [5.74, 6) is 4.89. The number of nitrogens with two attached hydrogens (primary N) is 1. The van der Waals surface area contributed by atoms with E-state index in [2.05, 4.69) is 20.1 Å². The van der Waals surface area contributed by atoms with E-state index in [-0.39, 0.29) is 23.2 Å². The number of sulfonamides is 1.